The zero-order valence-corrected chi connectivity index (χ0v) is 9.73. The zero-order valence-electron chi connectivity index (χ0n) is 9.73. The summed E-state index contributed by atoms with van der Waals surface area (Å²) in [5.74, 6) is -0.571. The van der Waals surface area contributed by atoms with E-state index in [1.807, 2.05) is 14.0 Å². The summed E-state index contributed by atoms with van der Waals surface area (Å²) in [7, 11) is 3.12. The Hall–Kier alpha value is -1.36. The van der Waals surface area contributed by atoms with Crippen molar-refractivity contribution in [3.05, 3.63) is 17.5 Å². The van der Waals surface area contributed by atoms with E-state index in [-0.39, 0.29) is 0 Å². The highest BCUT2D eigenvalue weighted by Gasteiger charge is 2.56. The van der Waals surface area contributed by atoms with E-state index in [0.717, 1.165) is 24.1 Å². The van der Waals surface area contributed by atoms with Gasteiger partial charge in [-0.15, -0.1) is 0 Å². The fraction of sp³-hybridized carbons (Fsp3) is 0.636. The first kappa shape index (κ1) is 11.1. The van der Waals surface area contributed by atoms with Crippen molar-refractivity contribution in [3.8, 4) is 0 Å². The Morgan fingerprint density at radius 2 is 2.31 bits per heavy atom. The molecule has 88 valence electrons. The third-order valence-electron chi connectivity index (χ3n) is 3.33. The molecule has 1 saturated carbocycles. The highest BCUT2D eigenvalue weighted by atomic mass is 16.5. The van der Waals surface area contributed by atoms with Crippen LogP contribution in [0.4, 0.5) is 0 Å². The number of carbonyl (C=O) groups excluding carboxylic acids is 1. The summed E-state index contributed by atoms with van der Waals surface area (Å²) in [5, 5.41) is 14.2. The smallest absolute Gasteiger partial charge is 0.335 e. The average Bonchev–Trinajstić information content (AvgIpc) is 2.99. The molecule has 1 aromatic heterocycles. The monoisotopic (exact) mass is 224 g/mol. The predicted octanol–water partition coefficient (Wildman–Crippen LogP) is 0.294. The van der Waals surface area contributed by atoms with E-state index in [0.29, 0.717) is 0 Å². The summed E-state index contributed by atoms with van der Waals surface area (Å²) in [6.07, 6.45) is 2.25. The number of hydrogen-bond donors (Lipinski definition) is 1. The number of aryl methyl sites for hydroxylation is 2. The van der Waals surface area contributed by atoms with Crippen LogP contribution in [0.3, 0.4) is 0 Å². The number of nitrogens with zero attached hydrogens (tertiary/aromatic N) is 2. The van der Waals surface area contributed by atoms with Crippen molar-refractivity contribution in [2.75, 3.05) is 7.11 Å². The van der Waals surface area contributed by atoms with Gasteiger partial charge in [-0.05, 0) is 25.3 Å². The van der Waals surface area contributed by atoms with Gasteiger partial charge in [-0.2, -0.15) is 5.10 Å². The minimum Gasteiger partial charge on any atom is -0.467 e. The second-order valence-electron chi connectivity index (χ2n) is 4.38. The van der Waals surface area contributed by atoms with Gasteiger partial charge in [0.2, 0.25) is 0 Å². The fourth-order valence-electron chi connectivity index (χ4n) is 2.37. The van der Waals surface area contributed by atoms with E-state index in [4.69, 9.17) is 0 Å². The lowest BCUT2D eigenvalue weighted by molar-refractivity contribution is -0.152. The standard InChI is InChI=1S/C11H16N2O3/c1-7-6-12-13(2)8(7)11(4-5-11)9(14)10(15)16-3/h6,9,14H,4-5H2,1-3H3. The summed E-state index contributed by atoms with van der Waals surface area (Å²) in [6.45, 7) is 1.94. The van der Waals surface area contributed by atoms with Crippen LogP contribution in [0.15, 0.2) is 6.20 Å². The van der Waals surface area contributed by atoms with Crippen LogP contribution in [-0.2, 0) is 22.0 Å². The maximum absolute atomic E-state index is 11.4. The number of hydrogen-bond acceptors (Lipinski definition) is 4. The van der Waals surface area contributed by atoms with Crippen molar-refractivity contribution in [3.63, 3.8) is 0 Å². The molecule has 1 heterocycles. The Morgan fingerprint density at radius 1 is 1.69 bits per heavy atom. The van der Waals surface area contributed by atoms with E-state index in [1.54, 1.807) is 10.9 Å². The third-order valence-corrected chi connectivity index (χ3v) is 3.33. The first-order chi connectivity index (χ1) is 7.53. The molecule has 1 unspecified atom stereocenters. The van der Waals surface area contributed by atoms with Crippen molar-refractivity contribution in [1.82, 2.24) is 9.78 Å². The molecule has 1 aliphatic carbocycles. The number of ether oxygens (including phenoxy) is 1. The minimum atomic E-state index is -1.09. The lowest BCUT2D eigenvalue weighted by atomic mass is 9.92. The molecule has 0 bridgehead atoms. The van der Waals surface area contributed by atoms with Crippen LogP contribution in [-0.4, -0.2) is 34.1 Å². The number of aromatic nitrogens is 2. The highest BCUT2D eigenvalue weighted by Crippen LogP contribution is 2.52. The molecule has 1 aliphatic rings. The molecule has 0 amide bonds. The SMILES string of the molecule is COC(=O)C(O)C1(c2c(C)cnn2C)CC1. The highest BCUT2D eigenvalue weighted by molar-refractivity contribution is 5.77. The molecule has 1 aromatic rings. The van der Waals surface area contributed by atoms with E-state index in [1.165, 1.54) is 7.11 Å². The number of aliphatic hydroxyl groups is 1. The molecule has 2 rings (SSSR count). The lowest BCUT2D eigenvalue weighted by Gasteiger charge is -2.21. The molecule has 0 aliphatic heterocycles. The third kappa shape index (κ3) is 1.43. The maximum atomic E-state index is 11.4. The summed E-state index contributed by atoms with van der Waals surface area (Å²) in [5.41, 5.74) is 1.45. The molecule has 1 fully saturated rings. The fourth-order valence-corrected chi connectivity index (χ4v) is 2.37. The maximum Gasteiger partial charge on any atom is 0.335 e. The van der Waals surface area contributed by atoms with E-state index >= 15 is 0 Å². The van der Waals surface area contributed by atoms with Crippen molar-refractivity contribution in [1.29, 1.82) is 0 Å². The number of methoxy groups -OCH3 is 1. The van der Waals surface area contributed by atoms with Gasteiger partial charge in [-0.1, -0.05) is 0 Å². The van der Waals surface area contributed by atoms with Crippen LogP contribution in [0, 0.1) is 6.92 Å². The van der Waals surface area contributed by atoms with Crippen molar-refractivity contribution in [2.24, 2.45) is 7.05 Å². The Balaban J connectivity index is 2.37. The van der Waals surface area contributed by atoms with Gasteiger partial charge in [0.25, 0.3) is 0 Å². The van der Waals surface area contributed by atoms with Gasteiger partial charge in [-0.3, -0.25) is 4.68 Å². The molecular weight excluding hydrogens is 208 g/mol. The first-order valence-corrected chi connectivity index (χ1v) is 5.28. The lowest BCUT2D eigenvalue weighted by Crippen LogP contribution is -2.36. The Bertz CT molecular complexity index is 401. The Morgan fingerprint density at radius 3 is 2.69 bits per heavy atom. The molecule has 0 radical (unpaired) electrons. The van der Waals surface area contributed by atoms with Crippen molar-refractivity contribution >= 4 is 5.97 Å². The molecule has 16 heavy (non-hydrogen) atoms. The van der Waals surface area contributed by atoms with Crippen LogP contribution < -0.4 is 0 Å². The minimum absolute atomic E-state index is 0.484. The van der Waals surface area contributed by atoms with Crippen LogP contribution in [0.5, 0.6) is 0 Å². The Kier molecular flexibility index (Phi) is 2.50. The topological polar surface area (TPSA) is 64.3 Å². The van der Waals surface area contributed by atoms with E-state index < -0.39 is 17.5 Å². The molecule has 0 saturated heterocycles. The number of rotatable bonds is 3. The number of carbonyl (C=O) groups is 1. The van der Waals surface area contributed by atoms with Gasteiger partial charge in [0, 0.05) is 12.5 Å². The zero-order chi connectivity index (χ0) is 11.9. The van der Waals surface area contributed by atoms with Crippen molar-refractivity contribution in [2.45, 2.75) is 31.3 Å². The summed E-state index contributed by atoms with van der Waals surface area (Å²) < 4.78 is 6.33. The van der Waals surface area contributed by atoms with E-state index in [2.05, 4.69) is 9.84 Å². The predicted molar refractivity (Wildman–Crippen MR) is 56.9 cm³/mol. The van der Waals surface area contributed by atoms with Gasteiger partial charge in [0.05, 0.1) is 19.0 Å². The van der Waals surface area contributed by atoms with Crippen LogP contribution >= 0.6 is 0 Å². The summed E-state index contributed by atoms with van der Waals surface area (Å²) in [4.78, 5) is 11.4. The second kappa shape index (κ2) is 3.59. The molecule has 1 N–H and O–H groups in total. The first-order valence-electron chi connectivity index (χ1n) is 5.28. The average molecular weight is 224 g/mol. The van der Waals surface area contributed by atoms with Crippen LogP contribution in [0.1, 0.15) is 24.1 Å². The molecule has 5 heteroatoms. The van der Waals surface area contributed by atoms with Gasteiger partial charge in [0.15, 0.2) is 6.10 Å². The Labute approximate surface area is 94.0 Å². The number of esters is 1. The van der Waals surface area contributed by atoms with Gasteiger partial charge >= 0.3 is 5.97 Å². The second-order valence-corrected chi connectivity index (χ2v) is 4.38. The van der Waals surface area contributed by atoms with Gasteiger partial charge in [0.1, 0.15) is 0 Å². The van der Waals surface area contributed by atoms with Gasteiger partial charge < -0.3 is 9.84 Å². The summed E-state index contributed by atoms with van der Waals surface area (Å²) in [6, 6.07) is 0. The van der Waals surface area contributed by atoms with Crippen LogP contribution in [0.2, 0.25) is 0 Å². The molecular formula is C11H16N2O3. The molecule has 1 atom stereocenters. The summed E-state index contributed by atoms with van der Waals surface area (Å²) >= 11 is 0. The largest absolute Gasteiger partial charge is 0.467 e. The molecule has 0 spiro atoms. The molecule has 5 nitrogen and oxygen atoms in total. The van der Waals surface area contributed by atoms with Crippen LogP contribution in [0.25, 0.3) is 0 Å². The quantitative estimate of drug-likeness (QED) is 0.750. The van der Waals surface area contributed by atoms with Gasteiger partial charge in [-0.25, -0.2) is 4.79 Å². The van der Waals surface area contributed by atoms with Crippen molar-refractivity contribution < 1.29 is 14.6 Å². The van der Waals surface area contributed by atoms with E-state index in [9.17, 15) is 9.90 Å². The number of aliphatic hydroxyl groups excluding tert-OH is 1. The normalized spacial score (nSPS) is 19.2. The molecule has 0 aromatic carbocycles.